The van der Waals surface area contributed by atoms with Crippen LogP contribution in [0.2, 0.25) is 0 Å². The molecular formula is C14H21N3O3. The lowest BCUT2D eigenvalue weighted by Crippen LogP contribution is -2.42. The van der Waals surface area contributed by atoms with Gasteiger partial charge in [0.15, 0.2) is 0 Å². The molecule has 6 nitrogen and oxygen atoms in total. The Kier molecular flexibility index (Phi) is 3.94. The lowest BCUT2D eigenvalue weighted by molar-refractivity contribution is -0.388. The molecule has 1 fully saturated rings. The highest BCUT2D eigenvalue weighted by Crippen LogP contribution is 2.40. The minimum absolute atomic E-state index is 0.202. The van der Waals surface area contributed by atoms with Crippen molar-refractivity contribution in [2.24, 2.45) is 5.41 Å². The molecule has 20 heavy (non-hydrogen) atoms. The molecule has 110 valence electrons. The summed E-state index contributed by atoms with van der Waals surface area (Å²) < 4.78 is 0. The topological polar surface area (TPSA) is 88.3 Å². The van der Waals surface area contributed by atoms with Gasteiger partial charge in [0.1, 0.15) is 11.9 Å². The van der Waals surface area contributed by atoms with E-state index in [0.717, 1.165) is 12.8 Å². The van der Waals surface area contributed by atoms with Crippen molar-refractivity contribution in [3.8, 4) is 0 Å². The van der Waals surface area contributed by atoms with E-state index in [1.54, 1.807) is 12.1 Å². The molecular weight excluding hydrogens is 258 g/mol. The molecule has 2 rings (SSSR count). The number of aliphatic hydroxyl groups is 1. The third-order valence-corrected chi connectivity index (χ3v) is 4.10. The summed E-state index contributed by atoms with van der Waals surface area (Å²) in [4.78, 5) is 14.1. The van der Waals surface area contributed by atoms with Gasteiger partial charge in [-0.25, -0.2) is 0 Å². The Balaban J connectivity index is 2.01. The molecule has 0 aliphatic heterocycles. The van der Waals surface area contributed by atoms with E-state index in [1.807, 2.05) is 0 Å². The summed E-state index contributed by atoms with van der Waals surface area (Å²) in [6, 6.07) is 3.25. The van der Waals surface area contributed by atoms with E-state index in [1.165, 1.54) is 6.20 Å². The molecule has 1 aliphatic rings. The fourth-order valence-electron chi connectivity index (χ4n) is 2.51. The maximum Gasteiger partial charge on any atom is 0.386 e. The quantitative estimate of drug-likeness (QED) is 0.653. The highest BCUT2D eigenvalue weighted by Gasteiger charge is 2.36. The van der Waals surface area contributed by atoms with Crippen LogP contribution in [0, 0.1) is 15.5 Å². The second-order valence-corrected chi connectivity index (χ2v) is 6.37. The molecule has 1 aromatic heterocycles. The highest BCUT2D eigenvalue weighted by molar-refractivity contribution is 5.56. The fourth-order valence-corrected chi connectivity index (χ4v) is 2.51. The summed E-state index contributed by atoms with van der Waals surface area (Å²) in [6.45, 7) is 4.72. The van der Waals surface area contributed by atoms with Crippen molar-refractivity contribution in [3.63, 3.8) is 0 Å². The van der Waals surface area contributed by atoms with Gasteiger partial charge in [0.2, 0.25) is 0 Å². The Morgan fingerprint density at radius 2 is 2.05 bits per heavy atom. The summed E-state index contributed by atoms with van der Waals surface area (Å²) in [7, 11) is 0. The summed E-state index contributed by atoms with van der Waals surface area (Å²) in [5.74, 6) is -0.202. The molecule has 1 saturated carbocycles. The van der Waals surface area contributed by atoms with Gasteiger partial charge in [0, 0.05) is 6.54 Å². The molecule has 2 N–H and O–H groups in total. The first kappa shape index (κ1) is 14.7. The van der Waals surface area contributed by atoms with Crippen LogP contribution in [0.3, 0.4) is 0 Å². The van der Waals surface area contributed by atoms with E-state index in [0.29, 0.717) is 25.1 Å². The van der Waals surface area contributed by atoms with E-state index in [4.69, 9.17) is 0 Å². The lowest BCUT2D eigenvalue weighted by Gasteiger charge is -2.40. The second kappa shape index (κ2) is 5.36. The van der Waals surface area contributed by atoms with Crippen LogP contribution in [-0.4, -0.2) is 27.2 Å². The van der Waals surface area contributed by atoms with E-state index in [-0.39, 0.29) is 11.2 Å². The molecule has 0 radical (unpaired) electrons. The smallest absolute Gasteiger partial charge is 0.386 e. The number of aromatic nitrogens is 1. The normalized spacial score (nSPS) is 20.4. The van der Waals surface area contributed by atoms with E-state index in [2.05, 4.69) is 24.1 Å². The largest absolute Gasteiger partial charge is 0.388 e. The van der Waals surface area contributed by atoms with Gasteiger partial charge in [0.05, 0.1) is 5.60 Å². The standard InChI is InChI=1S/C14H21N3O3/c1-13(2)5-7-14(18,8-6-13)10-16-11-4-3-9-15-12(11)17(19)20/h3-4,9,16,18H,5-8,10H2,1-2H3. The van der Waals surface area contributed by atoms with Crippen LogP contribution < -0.4 is 5.32 Å². The lowest BCUT2D eigenvalue weighted by atomic mass is 9.71. The van der Waals surface area contributed by atoms with Crippen LogP contribution in [-0.2, 0) is 0 Å². The minimum atomic E-state index is -0.792. The highest BCUT2D eigenvalue weighted by atomic mass is 16.6. The Bertz CT molecular complexity index is 492. The third kappa shape index (κ3) is 3.45. The van der Waals surface area contributed by atoms with Crippen LogP contribution in [0.4, 0.5) is 11.5 Å². The Morgan fingerprint density at radius 1 is 1.40 bits per heavy atom. The van der Waals surface area contributed by atoms with Gasteiger partial charge < -0.3 is 20.5 Å². The summed E-state index contributed by atoms with van der Waals surface area (Å²) in [5, 5.41) is 24.4. The van der Waals surface area contributed by atoms with Crippen molar-refractivity contribution >= 4 is 11.5 Å². The molecule has 1 aromatic rings. The molecule has 0 atom stereocenters. The van der Waals surface area contributed by atoms with Gasteiger partial charge in [-0.2, -0.15) is 0 Å². The average Bonchev–Trinajstić information content (AvgIpc) is 2.41. The monoisotopic (exact) mass is 279 g/mol. The zero-order valence-electron chi connectivity index (χ0n) is 11.9. The van der Waals surface area contributed by atoms with Crippen molar-refractivity contribution < 1.29 is 10.0 Å². The zero-order valence-corrected chi connectivity index (χ0v) is 11.9. The summed E-state index contributed by atoms with van der Waals surface area (Å²) in [5.41, 5.74) is -0.165. The van der Waals surface area contributed by atoms with Crippen LogP contribution in [0.5, 0.6) is 0 Å². The molecule has 0 amide bonds. The first-order valence-corrected chi connectivity index (χ1v) is 6.87. The van der Waals surface area contributed by atoms with Crippen molar-refractivity contribution in [3.05, 3.63) is 28.4 Å². The van der Waals surface area contributed by atoms with Gasteiger partial charge in [-0.05, 0) is 53.1 Å². The molecule has 6 heteroatoms. The minimum Gasteiger partial charge on any atom is -0.388 e. The molecule has 0 unspecified atom stereocenters. The molecule has 1 aliphatic carbocycles. The molecule has 0 aromatic carbocycles. The van der Waals surface area contributed by atoms with Crippen LogP contribution in [0.1, 0.15) is 39.5 Å². The number of nitrogens with zero attached hydrogens (tertiary/aromatic N) is 2. The van der Waals surface area contributed by atoms with Gasteiger partial charge in [-0.1, -0.05) is 13.8 Å². The predicted molar refractivity (Wildman–Crippen MR) is 76.6 cm³/mol. The second-order valence-electron chi connectivity index (χ2n) is 6.37. The molecule has 1 heterocycles. The molecule has 0 saturated heterocycles. The SMILES string of the molecule is CC1(C)CCC(O)(CNc2cccnc2[N+](=O)[O-])CC1. The number of anilines is 1. The van der Waals surface area contributed by atoms with Crippen LogP contribution >= 0.6 is 0 Å². The van der Waals surface area contributed by atoms with Crippen molar-refractivity contribution in [1.82, 2.24) is 4.98 Å². The number of hydrogen-bond acceptors (Lipinski definition) is 5. The van der Waals surface area contributed by atoms with Gasteiger partial charge in [0.25, 0.3) is 0 Å². The van der Waals surface area contributed by atoms with E-state index < -0.39 is 10.5 Å². The number of rotatable bonds is 4. The number of pyridine rings is 1. The van der Waals surface area contributed by atoms with E-state index >= 15 is 0 Å². The number of hydrogen-bond donors (Lipinski definition) is 2. The molecule has 0 bridgehead atoms. The maximum atomic E-state index is 10.9. The first-order chi connectivity index (χ1) is 9.31. The van der Waals surface area contributed by atoms with Crippen LogP contribution in [0.25, 0.3) is 0 Å². The Labute approximate surface area is 118 Å². The Morgan fingerprint density at radius 3 is 2.65 bits per heavy atom. The number of nitrogens with one attached hydrogen (secondary N) is 1. The first-order valence-electron chi connectivity index (χ1n) is 6.87. The summed E-state index contributed by atoms with van der Waals surface area (Å²) in [6.07, 6.45) is 4.73. The summed E-state index contributed by atoms with van der Waals surface area (Å²) >= 11 is 0. The van der Waals surface area contributed by atoms with Crippen molar-refractivity contribution in [1.29, 1.82) is 0 Å². The van der Waals surface area contributed by atoms with Gasteiger partial charge in [-0.3, -0.25) is 0 Å². The average molecular weight is 279 g/mol. The van der Waals surface area contributed by atoms with Gasteiger partial charge in [-0.15, -0.1) is 0 Å². The third-order valence-electron chi connectivity index (χ3n) is 4.10. The molecule has 0 spiro atoms. The Hall–Kier alpha value is -1.69. The predicted octanol–water partition coefficient (Wildman–Crippen LogP) is 2.73. The number of nitro groups is 1. The van der Waals surface area contributed by atoms with Crippen molar-refractivity contribution in [2.45, 2.75) is 45.1 Å². The van der Waals surface area contributed by atoms with Crippen molar-refractivity contribution in [2.75, 3.05) is 11.9 Å². The van der Waals surface area contributed by atoms with E-state index in [9.17, 15) is 15.2 Å². The maximum absolute atomic E-state index is 10.9. The van der Waals surface area contributed by atoms with Crippen LogP contribution in [0.15, 0.2) is 18.3 Å². The fraction of sp³-hybridized carbons (Fsp3) is 0.643. The van der Waals surface area contributed by atoms with Gasteiger partial charge >= 0.3 is 5.82 Å². The zero-order chi connectivity index (χ0) is 14.8.